The van der Waals surface area contributed by atoms with Crippen LogP contribution in [0.5, 0.6) is 0 Å². The number of aromatic nitrogens is 2. The molecule has 0 saturated carbocycles. The summed E-state index contributed by atoms with van der Waals surface area (Å²) in [7, 11) is 0. The summed E-state index contributed by atoms with van der Waals surface area (Å²) in [4.78, 5) is 9.46. The highest BCUT2D eigenvalue weighted by Crippen LogP contribution is 2.32. The molecule has 18 heavy (non-hydrogen) atoms. The number of nitrogens with two attached hydrogens (primary N) is 1. The number of anilines is 1. The minimum Gasteiger partial charge on any atom is -0.354 e. The average molecular weight is 242 g/mol. The molecule has 0 spiro atoms. The van der Waals surface area contributed by atoms with Gasteiger partial charge in [-0.3, -0.25) is 5.84 Å². The molecular formula is C12H14N6. The summed E-state index contributed by atoms with van der Waals surface area (Å²) in [5.41, 5.74) is 5.19. The van der Waals surface area contributed by atoms with Crippen LogP contribution in [0.2, 0.25) is 0 Å². The lowest BCUT2D eigenvalue weighted by Gasteiger charge is -2.26. The Bertz CT molecular complexity index is 611. The molecule has 0 radical (unpaired) electrons. The van der Waals surface area contributed by atoms with E-state index < -0.39 is 0 Å². The van der Waals surface area contributed by atoms with Crippen LogP contribution < -0.4 is 16.2 Å². The fraction of sp³-hybridized carbons (Fsp3) is 0.333. The zero-order valence-electron chi connectivity index (χ0n) is 9.85. The van der Waals surface area contributed by atoms with Crippen LogP contribution in [-0.2, 0) is 0 Å². The molecule has 1 fully saturated rings. The quantitative estimate of drug-likeness (QED) is 0.535. The van der Waals surface area contributed by atoms with Crippen LogP contribution in [-0.4, -0.2) is 22.7 Å². The predicted molar refractivity (Wildman–Crippen MR) is 68.5 cm³/mol. The molecule has 1 saturated heterocycles. The maximum Gasteiger partial charge on any atom is 0.140 e. The topological polar surface area (TPSA) is 93.8 Å². The van der Waals surface area contributed by atoms with Crippen molar-refractivity contribution in [2.45, 2.75) is 19.0 Å². The number of hydrogen-bond donors (Lipinski definition) is 3. The van der Waals surface area contributed by atoms with Crippen molar-refractivity contribution in [2.24, 2.45) is 5.84 Å². The first-order valence-electron chi connectivity index (χ1n) is 5.94. The molecule has 6 nitrogen and oxygen atoms in total. The van der Waals surface area contributed by atoms with Gasteiger partial charge in [-0.1, -0.05) is 0 Å². The second-order valence-electron chi connectivity index (χ2n) is 4.39. The molecule has 2 aromatic heterocycles. The monoisotopic (exact) mass is 242 g/mol. The summed E-state index contributed by atoms with van der Waals surface area (Å²) < 4.78 is 0. The lowest BCUT2D eigenvalue weighted by Crippen LogP contribution is -2.45. The van der Waals surface area contributed by atoms with Crippen LogP contribution in [0.4, 0.5) is 5.69 Å². The Morgan fingerprint density at radius 2 is 2.50 bits per heavy atom. The molecule has 2 aromatic rings. The van der Waals surface area contributed by atoms with Crippen molar-refractivity contribution in [3.63, 3.8) is 0 Å². The second-order valence-corrected chi connectivity index (χ2v) is 4.39. The Hall–Kier alpha value is -2.10. The summed E-state index contributed by atoms with van der Waals surface area (Å²) in [6.45, 7) is 0.935. The Labute approximate surface area is 104 Å². The van der Waals surface area contributed by atoms with E-state index in [2.05, 4.69) is 26.4 Å². The summed E-state index contributed by atoms with van der Waals surface area (Å²) in [5.74, 6) is 5.57. The predicted octanol–water partition coefficient (Wildman–Crippen LogP) is 0.824. The molecule has 1 aliphatic heterocycles. The number of H-pyrrole nitrogens is 1. The molecule has 0 aliphatic carbocycles. The molecule has 3 heterocycles. The first-order chi connectivity index (χ1) is 8.85. The summed E-state index contributed by atoms with van der Waals surface area (Å²) in [5, 5.41) is 10.0. The molecule has 3 rings (SSSR count). The highest BCUT2D eigenvalue weighted by atomic mass is 15.4. The highest BCUT2D eigenvalue weighted by molar-refractivity contribution is 5.95. The Morgan fingerprint density at radius 3 is 3.28 bits per heavy atom. The normalized spacial score (nSPS) is 19.3. The molecule has 92 valence electrons. The van der Waals surface area contributed by atoms with Crippen molar-refractivity contribution in [3.05, 3.63) is 24.0 Å². The zero-order chi connectivity index (χ0) is 12.5. The first-order valence-corrected chi connectivity index (χ1v) is 5.94. The van der Waals surface area contributed by atoms with E-state index in [-0.39, 0.29) is 6.17 Å². The van der Waals surface area contributed by atoms with Crippen molar-refractivity contribution in [3.8, 4) is 6.07 Å². The van der Waals surface area contributed by atoms with Gasteiger partial charge in [-0.05, 0) is 18.9 Å². The third-order valence-electron chi connectivity index (χ3n) is 3.43. The van der Waals surface area contributed by atoms with E-state index in [4.69, 9.17) is 11.1 Å². The van der Waals surface area contributed by atoms with Gasteiger partial charge in [0.2, 0.25) is 0 Å². The van der Waals surface area contributed by atoms with E-state index in [9.17, 15) is 0 Å². The molecule has 0 aromatic carbocycles. The zero-order valence-corrected chi connectivity index (χ0v) is 9.85. The van der Waals surface area contributed by atoms with Crippen molar-refractivity contribution < 1.29 is 0 Å². The number of pyridine rings is 1. The van der Waals surface area contributed by atoms with E-state index in [1.165, 1.54) is 0 Å². The van der Waals surface area contributed by atoms with Crippen LogP contribution in [0, 0.1) is 11.3 Å². The maximum atomic E-state index is 9.16. The maximum absolute atomic E-state index is 9.16. The average Bonchev–Trinajstić information content (AvgIpc) is 3.04. The summed E-state index contributed by atoms with van der Waals surface area (Å²) >= 11 is 0. The van der Waals surface area contributed by atoms with Crippen LogP contribution in [0.25, 0.3) is 11.0 Å². The number of aromatic amines is 1. The third kappa shape index (κ3) is 1.53. The lowest BCUT2D eigenvalue weighted by atomic mass is 10.2. The Kier molecular flexibility index (Phi) is 2.63. The molecule has 6 heteroatoms. The molecule has 1 atom stereocenters. The number of hydrazine groups is 1. The Balaban J connectivity index is 2.17. The van der Waals surface area contributed by atoms with E-state index >= 15 is 0 Å². The number of fused-ring (bicyclic) bond motifs is 1. The van der Waals surface area contributed by atoms with Crippen molar-refractivity contribution >= 4 is 16.7 Å². The van der Waals surface area contributed by atoms with Crippen LogP contribution >= 0.6 is 0 Å². The Morgan fingerprint density at radius 1 is 1.61 bits per heavy atom. The second kappa shape index (κ2) is 4.29. The van der Waals surface area contributed by atoms with E-state index in [0.29, 0.717) is 5.56 Å². The van der Waals surface area contributed by atoms with E-state index in [1.807, 2.05) is 6.07 Å². The number of nitrogens with zero attached hydrogens (tertiary/aromatic N) is 3. The van der Waals surface area contributed by atoms with Crippen LogP contribution in [0.3, 0.4) is 0 Å². The van der Waals surface area contributed by atoms with Crippen molar-refractivity contribution in [2.75, 3.05) is 11.4 Å². The van der Waals surface area contributed by atoms with Gasteiger partial charge in [0.1, 0.15) is 11.7 Å². The van der Waals surface area contributed by atoms with Gasteiger partial charge in [0, 0.05) is 18.9 Å². The molecular weight excluding hydrogens is 228 g/mol. The number of rotatable bonds is 2. The molecule has 0 bridgehead atoms. The third-order valence-corrected chi connectivity index (χ3v) is 3.43. The molecule has 4 N–H and O–H groups in total. The fourth-order valence-corrected chi connectivity index (χ4v) is 2.60. The highest BCUT2D eigenvalue weighted by Gasteiger charge is 2.26. The molecule has 1 aliphatic rings. The lowest BCUT2D eigenvalue weighted by molar-refractivity contribution is 0.546. The fourth-order valence-electron chi connectivity index (χ4n) is 2.60. The van der Waals surface area contributed by atoms with Gasteiger partial charge >= 0.3 is 0 Å². The SMILES string of the molecule is N#Cc1c[nH]c2nccc(N3CCC[C@@H]3NN)c12. The van der Waals surface area contributed by atoms with Crippen molar-refractivity contribution in [1.29, 1.82) is 5.26 Å². The number of nitrogens with one attached hydrogen (secondary N) is 2. The van der Waals surface area contributed by atoms with Gasteiger partial charge in [-0.2, -0.15) is 5.26 Å². The van der Waals surface area contributed by atoms with E-state index in [0.717, 1.165) is 36.1 Å². The first kappa shape index (κ1) is 11.0. The van der Waals surface area contributed by atoms with Crippen molar-refractivity contribution in [1.82, 2.24) is 15.4 Å². The van der Waals surface area contributed by atoms with E-state index in [1.54, 1.807) is 12.4 Å². The summed E-state index contributed by atoms with van der Waals surface area (Å²) in [6.07, 6.45) is 5.66. The van der Waals surface area contributed by atoms with Gasteiger partial charge in [0.05, 0.1) is 22.8 Å². The van der Waals surface area contributed by atoms with Crippen LogP contribution in [0.15, 0.2) is 18.5 Å². The molecule has 0 amide bonds. The minimum atomic E-state index is 0.122. The smallest absolute Gasteiger partial charge is 0.140 e. The van der Waals surface area contributed by atoms with Gasteiger partial charge in [-0.25, -0.2) is 10.4 Å². The minimum absolute atomic E-state index is 0.122. The number of hydrogen-bond acceptors (Lipinski definition) is 5. The largest absolute Gasteiger partial charge is 0.354 e. The number of nitriles is 1. The molecule has 0 unspecified atom stereocenters. The summed E-state index contributed by atoms with van der Waals surface area (Å²) in [6, 6.07) is 4.13. The standard InChI is InChI=1S/C12H14N6/c13-6-8-7-16-12-11(8)9(3-4-15-12)18-5-1-2-10(18)17-14/h3-4,7,10,17H,1-2,5,14H2,(H,15,16)/t10-/m1/s1. The van der Waals surface area contributed by atoms with Gasteiger partial charge in [0.15, 0.2) is 0 Å². The van der Waals surface area contributed by atoms with Gasteiger partial charge < -0.3 is 9.88 Å². The van der Waals surface area contributed by atoms with Crippen LogP contribution in [0.1, 0.15) is 18.4 Å². The van der Waals surface area contributed by atoms with Gasteiger partial charge in [-0.15, -0.1) is 0 Å². The van der Waals surface area contributed by atoms with Gasteiger partial charge in [0.25, 0.3) is 0 Å².